The van der Waals surface area contributed by atoms with Crippen LogP contribution >= 0.6 is 0 Å². The van der Waals surface area contributed by atoms with E-state index in [-0.39, 0.29) is 0 Å². The average molecular weight is 425 g/mol. The maximum atomic E-state index is 6.80. The molecule has 0 saturated heterocycles. The summed E-state index contributed by atoms with van der Waals surface area (Å²) in [7, 11) is -2.55. The summed E-state index contributed by atoms with van der Waals surface area (Å²) in [5.74, 6) is 1.78. The van der Waals surface area contributed by atoms with Crippen molar-refractivity contribution in [3.05, 3.63) is 109 Å². The number of benzene rings is 4. The molecule has 0 saturated carbocycles. The molecule has 0 unspecified atom stereocenters. The van der Waals surface area contributed by atoms with Crippen molar-refractivity contribution in [2.75, 3.05) is 0 Å². The van der Waals surface area contributed by atoms with E-state index >= 15 is 0 Å². The van der Waals surface area contributed by atoms with Gasteiger partial charge in [-0.2, -0.15) is 0 Å². The van der Waals surface area contributed by atoms with Crippen LogP contribution in [0.15, 0.2) is 109 Å². The third-order valence-corrected chi connectivity index (χ3v) is 8.95. The fraction of sp³-hybridized carbons (Fsp3) is 0.143. The van der Waals surface area contributed by atoms with E-state index in [9.17, 15) is 0 Å². The molecule has 0 radical (unpaired) electrons. The molecule has 0 aliphatic rings. The zero-order valence-corrected chi connectivity index (χ0v) is 19.1. The molecule has 0 N–H and O–H groups in total. The van der Waals surface area contributed by atoms with E-state index in [0.717, 1.165) is 45.8 Å². The standard InChI is InChI=1S/C28H28O2Si/c1-3-31(4-2,29-27-21-13-11-19-25(27)23-15-7-5-8-16-23)30-28-22-14-12-20-26(28)24-17-9-6-10-18-24/h5-22H,3-4H2,1-2H3. The van der Waals surface area contributed by atoms with Crippen LogP contribution < -0.4 is 8.85 Å². The Morgan fingerprint density at radius 3 is 1.23 bits per heavy atom. The summed E-state index contributed by atoms with van der Waals surface area (Å²) >= 11 is 0. The Bertz CT molecular complexity index is 1020. The van der Waals surface area contributed by atoms with Crippen LogP contribution in [0.3, 0.4) is 0 Å². The molecular formula is C28H28O2Si. The SMILES string of the molecule is CC[Si](CC)(Oc1ccccc1-c1ccccc1)Oc1ccccc1-c1ccccc1. The normalized spacial score (nSPS) is 11.2. The number of rotatable bonds is 8. The highest BCUT2D eigenvalue weighted by Crippen LogP contribution is 2.36. The number of para-hydroxylation sites is 2. The second-order valence-electron chi connectivity index (χ2n) is 7.55. The lowest BCUT2D eigenvalue weighted by atomic mass is 10.1. The maximum Gasteiger partial charge on any atom is 0.459 e. The third-order valence-electron chi connectivity index (χ3n) is 5.61. The van der Waals surface area contributed by atoms with Crippen molar-refractivity contribution >= 4 is 8.56 Å². The molecule has 3 heteroatoms. The molecule has 0 aromatic heterocycles. The van der Waals surface area contributed by atoms with Gasteiger partial charge in [0.25, 0.3) is 0 Å². The lowest BCUT2D eigenvalue weighted by molar-refractivity contribution is 0.383. The van der Waals surface area contributed by atoms with Crippen LogP contribution in [0.2, 0.25) is 12.1 Å². The zero-order chi connectivity index (χ0) is 21.5. The monoisotopic (exact) mass is 424 g/mol. The minimum absolute atomic E-state index is 0.857. The Balaban J connectivity index is 1.70. The molecule has 0 heterocycles. The Kier molecular flexibility index (Phi) is 6.53. The summed E-state index contributed by atoms with van der Waals surface area (Å²) in [5, 5.41) is 0. The van der Waals surface area contributed by atoms with E-state index in [4.69, 9.17) is 8.85 Å². The van der Waals surface area contributed by atoms with Gasteiger partial charge in [-0.3, -0.25) is 0 Å². The Hall–Kier alpha value is -3.30. The van der Waals surface area contributed by atoms with Crippen LogP contribution in [0.4, 0.5) is 0 Å². The van der Waals surface area contributed by atoms with Gasteiger partial charge in [0.15, 0.2) is 0 Å². The van der Waals surface area contributed by atoms with E-state index in [2.05, 4.69) is 98.8 Å². The first-order valence-corrected chi connectivity index (χ1v) is 13.1. The predicted molar refractivity (Wildman–Crippen MR) is 132 cm³/mol. The van der Waals surface area contributed by atoms with Crippen LogP contribution in [-0.4, -0.2) is 8.56 Å². The smallest absolute Gasteiger partial charge is 0.459 e. The molecular weight excluding hydrogens is 396 g/mol. The summed E-state index contributed by atoms with van der Waals surface area (Å²) in [6, 6.07) is 39.0. The number of hydrogen-bond acceptors (Lipinski definition) is 2. The first-order chi connectivity index (χ1) is 15.2. The predicted octanol–water partition coefficient (Wildman–Crippen LogP) is 7.96. The van der Waals surface area contributed by atoms with Gasteiger partial charge in [-0.15, -0.1) is 0 Å². The first-order valence-electron chi connectivity index (χ1n) is 10.9. The van der Waals surface area contributed by atoms with Gasteiger partial charge in [-0.1, -0.05) is 111 Å². The minimum Gasteiger partial charge on any atom is -0.511 e. The van der Waals surface area contributed by atoms with E-state index < -0.39 is 8.56 Å². The molecule has 0 aliphatic carbocycles. The molecule has 4 aromatic carbocycles. The van der Waals surface area contributed by atoms with Crippen molar-refractivity contribution in [2.24, 2.45) is 0 Å². The Labute approximate surface area is 186 Å². The zero-order valence-electron chi connectivity index (χ0n) is 18.1. The highest BCUT2D eigenvalue weighted by Gasteiger charge is 2.39. The topological polar surface area (TPSA) is 18.5 Å². The fourth-order valence-corrected chi connectivity index (χ4v) is 6.06. The molecule has 0 aliphatic heterocycles. The summed E-state index contributed by atoms with van der Waals surface area (Å²) in [4.78, 5) is 0. The Morgan fingerprint density at radius 1 is 0.484 bits per heavy atom. The molecule has 0 spiro atoms. The van der Waals surface area contributed by atoms with Crippen molar-refractivity contribution in [2.45, 2.75) is 25.9 Å². The summed E-state index contributed by atoms with van der Waals surface area (Å²) in [5.41, 5.74) is 4.50. The molecule has 2 nitrogen and oxygen atoms in total. The van der Waals surface area contributed by atoms with E-state index in [1.54, 1.807) is 0 Å². The highest BCUT2D eigenvalue weighted by molar-refractivity contribution is 6.68. The van der Waals surface area contributed by atoms with Crippen molar-refractivity contribution in [1.82, 2.24) is 0 Å². The molecule has 156 valence electrons. The van der Waals surface area contributed by atoms with Gasteiger partial charge in [-0.25, -0.2) is 0 Å². The second kappa shape index (κ2) is 9.67. The second-order valence-corrected chi connectivity index (χ2v) is 11.2. The quantitative estimate of drug-likeness (QED) is 0.267. The van der Waals surface area contributed by atoms with Gasteiger partial charge in [0, 0.05) is 23.2 Å². The van der Waals surface area contributed by atoms with Crippen LogP contribution in [0.5, 0.6) is 11.5 Å². The molecule has 4 aromatic rings. The molecule has 0 fully saturated rings. The average Bonchev–Trinajstić information content (AvgIpc) is 2.85. The summed E-state index contributed by atoms with van der Waals surface area (Å²) < 4.78 is 13.6. The largest absolute Gasteiger partial charge is 0.511 e. The van der Waals surface area contributed by atoms with Gasteiger partial charge in [-0.05, 0) is 23.3 Å². The van der Waals surface area contributed by atoms with Crippen molar-refractivity contribution < 1.29 is 8.85 Å². The summed E-state index contributed by atoms with van der Waals surface area (Å²) in [6.07, 6.45) is 0. The van der Waals surface area contributed by atoms with Crippen molar-refractivity contribution in [1.29, 1.82) is 0 Å². The summed E-state index contributed by atoms with van der Waals surface area (Å²) in [6.45, 7) is 4.35. The highest BCUT2D eigenvalue weighted by atomic mass is 28.4. The molecule has 0 atom stereocenters. The van der Waals surface area contributed by atoms with Crippen LogP contribution in [0.1, 0.15) is 13.8 Å². The Morgan fingerprint density at radius 2 is 0.839 bits per heavy atom. The van der Waals surface area contributed by atoms with Crippen LogP contribution in [0.25, 0.3) is 22.3 Å². The molecule has 0 bridgehead atoms. The third kappa shape index (κ3) is 4.73. The van der Waals surface area contributed by atoms with E-state index in [1.807, 2.05) is 24.3 Å². The molecule has 4 rings (SSSR count). The fourth-order valence-electron chi connectivity index (χ4n) is 3.78. The van der Waals surface area contributed by atoms with Gasteiger partial charge in [0.1, 0.15) is 11.5 Å². The van der Waals surface area contributed by atoms with Crippen molar-refractivity contribution in [3.63, 3.8) is 0 Å². The van der Waals surface area contributed by atoms with Gasteiger partial charge < -0.3 is 8.85 Å². The molecule has 31 heavy (non-hydrogen) atoms. The lowest BCUT2D eigenvalue weighted by Gasteiger charge is -2.31. The first kappa shape index (κ1) is 20.9. The van der Waals surface area contributed by atoms with E-state index in [0.29, 0.717) is 0 Å². The van der Waals surface area contributed by atoms with Crippen LogP contribution in [-0.2, 0) is 0 Å². The van der Waals surface area contributed by atoms with Gasteiger partial charge in [0.2, 0.25) is 0 Å². The minimum atomic E-state index is -2.55. The van der Waals surface area contributed by atoms with E-state index in [1.165, 1.54) is 0 Å². The van der Waals surface area contributed by atoms with Crippen LogP contribution in [0, 0.1) is 0 Å². The van der Waals surface area contributed by atoms with Gasteiger partial charge in [0.05, 0.1) is 0 Å². The lowest BCUT2D eigenvalue weighted by Crippen LogP contribution is -2.47. The maximum absolute atomic E-state index is 6.80. The van der Waals surface area contributed by atoms with Gasteiger partial charge >= 0.3 is 8.56 Å². The van der Waals surface area contributed by atoms with Crippen molar-refractivity contribution in [3.8, 4) is 33.8 Å². The molecule has 0 amide bonds. The number of hydrogen-bond donors (Lipinski definition) is 0.